The number of rotatable bonds is 5. The third-order valence-electron chi connectivity index (χ3n) is 4.42. The van der Waals surface area contributed by atoms with Crippen molar-refractivity contribution in [1.29, 1.82) is 0 Å². The van der Waals surface area contributed by atoms with E-state index in [1.807, 2.05) is 20.8 Å². The Labute approximate surface area is 134 Å². The minimum Gasteiger partial charge on any atom is -0.353 e. The molecule has 4 heteroatoms. The van der Waals surface area contributed by atoms with E-state index in [0.717, 1.165) is 32.7 Å². The number of benzene rings is 1. The van der Waals surface area contributed by atoms with E-state index in [0.29, 0.717) is 0 Å². The fourth-order valence-electron chi connectivity index (χ4n) is 2.91. The van der Waals surface area contributed by atoms with Gasteiger partial charge in [-0.3, -0.25) is 14.6 Å². The molecule has 2 rings (SSSR count). The number of nitrogens with zero attached hydrogens (tertiary/aromatic N) is 2. The van der Waals surface area contributed by atoms with Crippen LogP contribution in [0.3, 0.4) is 0 Å². The molecule has 1 N–H and O–H groups in total. The van der Waals surface area contributed by atoms with Crippen molar-refractivity contribution in [2.75, 3.05) is 26.2 Å². The first-order valence-corrected chi connectivity index (χ1v) is 8.28. The fourth-order valence-corrected chi connectivity index (χ4v) is 2.91. The lowest BCUT2D eigenvalue weighted by Crippen LogP contribution is -2.54. The summed E-state index contributed by atoms with van der Waals surface area (Å²) in [5, 5.41) is 3.00. The van der Waals surface area contributed by atoms with Crippen LogP contribution in [-0.2, 0) is 11.3 Å². The Hall–Kier alpha value is -1.39. The van der Waals surface area contributed by atoms with Gasteiger partial charge in [0.1, 0.15) is 0 Å². The van der Waals surface area contributed by atoms with Crippen LogP contribution in [0.25, 0.3) is 0 Å². The van der Waals surface area contributed by atoms with E-state index in [9.17, 15) is 4.79 Å². The predicted octanol–water partition coefficient (Wildman–Crippen LogP) is 2.03. The van der Waals surface area contributed by atoms with Crippen LogP contribution in [0.5, 0.6) is 0 Å². The van der Waals surface area contributed by atoms with E-state index in [1.165, 1.54) is 11.1 Å². The van der Waals surface area contributed by atoms with Crippen molar-refractivity contribution in [2.45, 2.75) is 46.3 Å². The Balaban J connectivity index is 1.83. The molecule has 1 amide bonds. The van der Waals surface area contributed by atoms with Gasteiger partial charge in [0, 0.05) is 38.8 Å². The normalized spacial score (nSPS) is 18.4. The smallest absolute Gasteiger partial charge is 0.237 e. The number of hydrogen-bond donors (Lipinski definition) is 1. The van der Waals surface area contributed by atoms with Gasteiger partial charge in [0.05, 0.1) is 6.04 Å². The molecule has 0 aromatic heterocycles. The van der Waals surface area contributed by atoms with Gasteiger partial charge in [-0.25, -0.2) is 0 Å². The van der Waals surface area contributed by atoms with Crippen molar-refractivity contribution in [3.8, 4) is 0 Å². The highest BCUT2D eigenvalue weighted by atomic mass is 16.2. The van der Waals surface area contributed by atoms with Crippen LogP contribution in [0.2, 0.25) is 0 Å². The van der Waals surface area contributed by atoms with Gasteiger partial charge < -0.3 is 5.32 Å². The van der Waals surface area contributed by atoms with Crippen molar-refractivity contribution in [1.82, 2.24) is 15.1 Å². The van der Waals surface area contributed by atoms with Gasteiger partial charge in [-0.2, -0.15) is 0 Å². The summed E-state index contributed by atoms with van der Waals surface area (Å²) in [6.07, 6.45) is 0. The molecule has 1 heterocycles. The van der Waals surface area contributed by atoms with Crippen molar-refractivity contribution in [3.63, 3.8) is 0 Å². The minimum absolute atomic E-state index is 0.0389. The zero-order valence-electron chi connectivity index (χ0n) is 14.3. The molecule has 1 aliphatic rings. The van der Waals surface area contributed by atoms with E-state index in [4.69, 9.17) is 0 Å². The Morgan fingerprint density at radius 2 is 1.77 bits per heavy atom. The highest BCUT2D eigenvalue weighted by molar-refractivity contribution is 5.81. The number of amides is 1. The van der Waals surface area contributed by atoms with E-state index in [-0.39, 0.29) is 18.0 Å². The van der Waals surface area contributed by atoms with Crippen LogP contribution in [0.4, 0.5) is 0 Å². The Morgan fingerprint density at radius 3 is 2.36 bits per heavy atom. The second kappa shape index (κ2) is 7.75. The Bertz CT molecular complexity index is 493. The van der Waals surface area contributed by atoms with Gasteiger partial charge in [-0.1, -0.05) is 24.3 Å². The molecule has 4 nitrogen and oxygen atoms in total. The maximum atomic E-state index is 12.1. The lowest BCUT2D eigenvalue weighted by molar-refractivity contribution is -0.127. The zero-order valence-corrected chi connectivity index (χ0v) is 14.3. The molecule has 0 radical (unpaired) electrons. The van der Waals surface area contributed by atoms with Crippen LogP contribution < -0.4 is 5.32 Å². The van der Waals surface area contributed by atoms with Crippen LogP contribution in [0, 0.1) is 6.92 Å². The standard InChI is InChI=1S/C18H29N3O/c1-14(2)19-18(22)16(4)21-11-9-20(10-12-21)13-17-8-6-5-7-15(17)3/h5-8,14,16H,9-13H2,1-4H3,(H,19,22)/t16-/m1/s1. The molecule has 1 saturated heterocycles. The number of carbonyl (C=O) groups excluding carboxylic acids is 1. The Morgan fingerprint density at radius 1 is 1.14 bits per heavy atom. The molecule has 1 fully saturated rings. The first kappa shape index (κ1) is 17.0. The average Bonchev–Trinajstić information content (AvgIpc) is 2.49. The van der Waals surface area contributed by atoms with Gasteiger partial charge >= 0.3 is 0 Å². The van der Waals surface area contributed by atoms with Crippen LogP contribution in [0.15, 0.2) is 24.3 Å². The summed E-state index contributed by atoms with van der Waals surface area (Å²) in [4.78, 5) is 16.9. The van der Waals surface area contributed by atoms with Crippen molar-refractivity contribution in [2.24, 2.45) is 0 Å². The molecule has 0 saturated carbocycles. The molecule has 1 atom stereocenters. The first-order chi connectivity index (χ1) is 10.5. The van der Waals surface area contributed by atoms with Crippen LogP contribution in [-0.4, -0.2) is 54.0 Å². The van der Waals surface area contributed by atoms with Crippen molar-refractivity contribution >= 4 is 5.91 Å². The molecule has 0 unspecified atom stereocenters. The van der Waals surface area contributed by atoms with Gasteiger partial charge in [0.15, 0.2) is 0 Å². The molecule has 122 valence electrons. The second-order valence-corrected chi connectivity index (χ2v) is 6.58. The SMILES string of the molecule is Cc1ccccc1CN1CCN([C@H](C)C(=O)NC(C)C)CC1. The number of piperazine rings is 1. The lowest BCUT2D eigenvalue weighted by atomic mass is 10.1. The molecule has 22 heavy (non-hydrogen) atoms. The van der Waals surface area contributed by atoms with Crippen LogP contribution in [0.1, 0.15) is 31.9 Å². The summed E-state index contributed by atoms with van der Waals surface area (Å²) >= 11 is 0. The summed E-state index contributed by atoms with van der Waals surface area (Å²) in [5.74, 6) is 0.141. The summed E-state index contributed by atoms with van der Waals surface area (Å²) in [6, 6.07) is 8.74. The molecule has 0 spiro atoms. The number of nitrogens with one attached hydrogen (secondary N) is 1. The molecule has 0 aliphatic carbocycles. The molecule has 0 bridgehead atoms. The first-order valence-electron chi connectivity index (χ1n) is 8.28. The van der Waals surface area contributed by atoms with E-state index < -0.39 is 0 Å². The highest BCUT2D eigenvalue weighted by Gasteiger charge is 2.25. The van der Waals surface area contributed by atoms with Gasteiger partial charge in [-0.05, 0) is 38.8 Å². The van der Waals surface area contributed by atoms with Gasteiger partial charge in [0.25, 0.3) is 0 Å². The lowest BCUT2D eigenvalue weighted by Gasteiger charge is -2.37. The third kappa shape index (κ3) is 4.55. The average molecular weight is 303 g/mol. The second-order valence-electron chi connectivity index (χ2n) is 6.58. The minimum atomic E-state index is -0.0389. The number of carbonyl (C=O) groups is 1. The fraction of sp³-hybridized carbons (Fsp3) is 0.611. The maximum Gasteiger partial charge on any atom is 0.237 e. The molecular formula is C18H29N3O. The summed E-state index contributed by atoms with van der Waals surface area (Å²) in [5.41, 5.74) is 2.76. The maximum absolute atomic E-state index is 12.1. The summed E-state index contributed by atoms with van der Waals surface area (Å²) < 4.78 is 0. The third-order valence-corrected chi connectivity index (χ3v) is 4.42. The zero-order chi connectivity index (χ0) is 16.1. The Kier molecular flexibility index (Phi) is 5.98. The van der Waals surface area contributed by atoms with Gasteiger partial charge in [-0.15, -0.1) is 0 Å². The number of hydrogen-bond acceptors (Lipinski definition) is 3. The van der Waals surface area contributed by atoms with E-state index >= 15 is 0 Å². The summed E-state index contributed by atoms with van der Waals surface area (Å²) in [6.45, 7) is 13.2. The van der Waals surface area contributed by atoms with E-state index in [2.05, 4.69) is 46.3 Å². The highest BCUT2D eigenvalue weighted by Crippen LogP contribution is 2.13. The quantitative estimate of drug-likeness (QED) is 0.904. The van der Waals surface area contributed by atoms with E-state index in [1.54, 1.807) is 0 Å². The van der Waals surface area contributed by atoms with Crippen LogP contribution >= 0.6 is 0 Å². The molecular weight excluding hydrogens is 274 g/mol. The largest absolute Gasteiger partial charge is 0.353 e. The predicted molar refractivity (Wildman–Crippen MR) is 90.8 cm³/mol. The number of aryl methyl sites for hydroxylation is 1. The van der Waals surface area contributed by atoms with Crippen molar-refractivity contribution in [3.05, 3.63) is 35.4 Å². The molecule has 1 aliphatic heterocycles. The van der Waals surface area contributed by atoms with Crippen molar-refractivity contribution < 1.29 is 4.79 Å². The molecule has 1 aromatic rings. The topological polar surface area (TPSA) is 35.6 Å². The summed E-state index contributed by atoms with van der Waals surface area (Å²) in [7, 11) is 0. The molecule has 1 aromatic carbocycles. The monoisotopic (exact) mass is 303 g/mol. The van der Waals surface area contributed by atoms with Gasteiger partial charge in [0.2, 0.25) is 5.91 Å².